The fourth-order valence-corrected chi connectivity index (χ4v) is 3.00. The summed E-state index contributed by atoms with van der Waals surface area (Å²) in [7, 11) is 0. The van der Waals surface area contributed by atoms with Crippen LogP contribution in [0.1, 0.15) is 38.7 Å². The van der Waals surface area contributed by atoms with E-state index in [9.17, 15) is 14.4 Å². The normalized spacial score (nSPS) is 17.0. The molecule has 26 heavy (non-hydrogen) atoms. The Hall–Kier alpha value is -2.37. The third-order valence-electron chi connectivity index (χ3n) is 4.51. The predicted molar refractivity (Wildman–Crippen MR) is 100 cm³/mol. The van der Waals surface area contributed by atoms with E-state index in [0.717, 1.165) is 18.4 Å². The Kier molecular flexibility index (Phi) is 7.63. The van der Waals surface area contributed by atoms with E-state index in [1.807, 2.05) is 44.2 Å². The first-order valence-corrected chi connectivity index (χ1v) is 9.34. The summed E-state index contributed by atoms with van der Waals surface area (Å²) in [6.07, 6.45) is 2.39. The molecule has 0 aliphatic carbocycles. The highest BCUT2D eigenvalue weighted by atomic mass is 16.2. The monoisotopic (exact) mass is 359 g/mol. The molecule has 0 aromatic heterocycles. The van der Waals surface area contributed by atoms with Crippen molar-refractivity contribution in [1.82, 2.24) is 15.5 Å². The second kappa shape index (κ2) is 9.94. The van der Waals surface area contributed by atoms with Crippen LogP contribution in [0.4, 0.5) is 0 Å². The average Bonchev–Trinajstić information content (AvgIpc) is 2.62. The van der Waals surface area contributed by atoms with E-state index in [4.69, 9.17) is 0 Å². The molecule has 0 saturated carbocycles. The lowest BCUT2D eigenvalue weighted by atomic mass is 10.0. The van der Waals surface area contributed by atoms with Gasteiger partial charge in [0.15, 0.2) is 0 Å². The Balaban J connectivity index is 1.70. The summed E-state index contributed by atoms with van der Waals surface area (Å²) in [5.74, 6) is -0.0865. The lowest BCUT2D eigenvalue weighted by Gasteiger charge is -2.33. The number of carbonyl (C=O) groups excluding carboxylic acids is 3. The van der Waals surface area contributed by atoms with Crippen molar-refractivity contribution in [3.63, 3.8) is 0 Å². The molecule has 3 amide bonds. The highest BCUT2D eigenvalue weighted by molar-refractivity contribution is 5.81. The average molecular weight is 359 g/mol. The molecule has 1 aliphatic rings. The summed E-state index contributed by atoms with van der Waals surface area (Å²) in [6, 6.07) is 9.55. The Morgan fingerprint density at radius 1 is 1.19 bits per heavy atom. The molecular weight excluding hydrogens is 330 g/mol. The standard InChI is InChI=1S/C20H29N3O3/c1-15(2)20(26)22-17-9-6-12-23(14-17)19(25)10-11-21-18(24)13-16-7-4-3-5-8-16/h3-5,7-8,15,17H,6,9-14H2,1-2H3,(H,21,24)(H,22,26). The molecule has 0 spiro atoms. The number of likely N-dealkylation sites (tertiary alicyclic amines) is 1. The van der Waals surface area contributed by atoms with Gasteiger partial charge < -0.3 is 15.5 Å². The number of rotatable bonds is 7. The minimum Gasteiger partial charge on any atom is -0.355 e. The number of piperidine rings is 1. The molecular formula is C20H29N3O3. The van der Waals surface area contributed by atoms with E-state index in [1.165, 1.54) is 0 Å². The summed E-state index contributed by atoms with van der Waals surface area (Å²) < 4.78 is 0. The van der Waals surface area contributed by atoms with Crippen LogP contribution in [-0.2, 0) is 20.8 Å². The molecule has 6 nitrogen and oxygen atoms in total. The van der Waals surface area contributed by atoms with Crippen molar-refractivity contribution in [2.45, 2.75) is 45.6 Å². The number of carbonyl (C=O) groups is 3. The molecule has 1 aromatic carbocycles. The van der Waals surface area contributed by atoms with E-state index in [0.29, 0.717) is 26.1 Å². The number of benzene rings is 1. The summed E-state index contributed by atoms with van der Waals surface area (Å²) in [5.41, 5.74) is 0.955. The van der Waals surface area contributed by atoms with E-state index in [1.54, 1.807) is 4.90 Å². The summed E-state index contributed by atoms with van der Waals surface area (Å²) in [6.45, 7) is 5.32. The van der Waals surface area contributed by atoms with Crippen molar-refractivity contribution in [2.75, 3.05) is 19.6 Å². The van der Waals surface area contributed by atoms with Crippen LogP contribution in [0.3, 0.4) is 0 Å². The fourth-order valence-electron chi connectivity index (χ4n) is 3.00. The molecule has 0 bridgehead atoms. The van der Waals surface area contributed by atoms with Gasteiger partial charge in [-0.1, -0.05) is 44.2 Å². The first-order chi connectivity index (χ1) is 12.5. The molecule has 0 radical (unpaired) electrons. The first-order valence-electron chi connectivity index (χ1n) is 9.34. The van der Waals surface area contributed by atoms with Gasteiger partial charge in [0.05, 0.1) is 6.42 Å². The number of hydrogen-bond acceptors (Lipinski definition) is 3. The number of amides is 3. The van der Waals surface area contributed by atoms with E-state index in [2.05, 4.69) is 10.6 Å². The molecule has 1 aliphatic heterocycles. The van der Waals surface area contributed by atoms with Crippen molar-refractivity contribution in [3.05, 3.63) is 35.9 Å². The van der Waals surface area contributed by atoms with Crippen molar-refractivity contribution < 1.29 is 14.4 Å². The Bertz CT molecular complexity index is 616. The number of nitrogens with one attached hydrogen (secondary N) is 2. The Morgan fingerprint density at radius 2 is 1.92 bits per heavy atom. The van der Waals surface area contributed by atoms with Crippen molar-refractivity contribution >= 4 is 17.7 Å². The van der Waals surface area contributed by atoms with E-state index < -0.39 is 0 Å². The van der Waals surface area contributed by atoms with Crippen LogP contribution in [-0.4, -0.2) is 48.3 Å². The molecule has 1 saturated heterocycles. The molecule has 142 valence electrons. The minimum atomic E-state index is -0.0790. The van der Waals surface area contributed by atoms with Gasteiger partial charge in [-0.3, -0.25) is 14.4 Å². The SMILES string of the molecule is CC(C)C(=O)NC1CCCN(C(=O)CCNC(=O)Cc2ccccc2)C1. The largest absolute Gasteiger partial charge is 0.355 e. The maximum Gasteiger partial charge on any atom is 0.224 e. The highest BCUT2D eigenvalue weighted by Crippen LogP contribution is 2.12. The van der Waals surface area contributed by atoms with Gasteiger partial charge in [0.25, 0.3) is 0 Å². The maximum atomic E-state index is 12.4. The molecule has 1 fully saturated rings. The minimum absolute atomic E-state index is 0.0218. The van der Waals surface area contributed by atoms with Crippen LogP contribution in [0.25, 0.3) is 0 Å². The van der Waals surface area contributed by atoms with Gasteiger partial charge in [-0.15, -0.1) is 0 Å². The van der Waals surface area contributed by atoms with Crippen LogP contribution >= 0.6 is 0 Å². The molecule has 1 aromatic rings. The zero-order chi connectivity index (χ0) is 18.9. The second-order valence-corrected chi connectivity index (χ2v) is 7.10. The van der Waals surface area contributed by atoms with Gasteiger partial charge in [-0.05, 0) is 18.4 Å². The molecule has 1 unspecified atom stereocenters. The summed E-state index contributed by atoms with van der Waals surface area (Å²) in [5, 5.41) is 5.81. The summed E-state index contributed by atoms with van der Waals surface area (Å²) >= 11 is 0. The van der Waals surface area contributed by atoms with Crippen LogP contribution in [0, 0.1) is 5.92 Å². The van der Waals surface area contributed by atoms with Gasteiger partial charge in [-0.25, -0.2) is 0 Å². The van der Waals surface area contributed by atoms with Crippen molar-refractivity contribution in [1.29, 1.82) is 0 Å². The van der Waals surface area contributed by atoms with Gasteiger partial charge in [0, 0.05) is 38.0 Å². The summed E-state index contributed by atoms with van der Waals surface area (Å²) in [4.78, 5) is 37.9. The van der Waals surface area contributed by atoms with Crippen LogP contribution in [0.5, 0.6) is 0 Å². The lowest BCUT2D eigenvalue weighted by molar-refractivity contribution is -0.134. The Morgan fingerprint density at radius 3 is 2.62 bits per heavy atom. The maximum absolute atomic E-state index is 12.4. The predicted octanol–water partition coefficient (Wildman–Crippen LogP) is 1.50. The van der Waals surface area contributed by atoms with Crippen LogP contribution in [0.15, 0.2) is 30.3 Å². The zero-order valence-corrected chi connectivity index (χ0v) is 15.7. The Labute approximate surface area is 155 Å². The molecule has 2 N–H and O–H groups in total. The second-order valence-electron chi connectivity index (χ2n) is 7.10. The zero-order valence-electron chi connectivity index (χ0n) is 15.7. The van der Waals surface area contributed by atoms with Gasteiger partial charge >= 0.3 is 0 Å². The van der Waals surface area contributed by atoms with E-state index >= 15 is 0 Å². The molecule has 2 rings (SSSR count). The van der Waals surface area contributed by atoms with Gasteiger partial charge in [0.1, 0.15) is 0 Å². The quantitative estimate of drug-likeness (QED) is 0.774. The van der Waals surface area contributed by atoms with Crippen molar-refractivity contribution in [3.8, 4) is 0 Å². The third-order valence-corrected chi connectivity index (χ3v) is 4.51. The lowest BCUT2D eigenvalue weighted by Crippen LogP contribution is -2.50. The van der Waals surface area contributed by atoms with Crippen LogP contribution < -0.4 is 10.6 Å². The molecule has 6 heteroatoms. The first kappa shape index (κ1) is 19.9. The smallest absolute Gasteiger partial charge is 0.224 e. The fraction of sp³-hybridized carbons (Fsp3) is 0.550. The highest BCUT2D eigenvalue weighted by Gasteiger charge is 2.25. The number of nitrogens with zero attached hydrogens (tertiary/aromatic N) is 1. The van der Waals surface area contributed by atoms with Gasteiger partial charge in [0.2, 0.25) is 17.7 Å². The van der Waals surface area contributed by atoms with E-state index in [-0.39, 0.29) is 36.1 Å². The molecule has 1 heterocycles. The topological polar surface area (TPSA) is 78.5 Å². The molecule has 1 atom stereocenters. The van der Waals surface area contributed by atoms with Crippen molar-refractivity contribution in [2.24, 2.45) is 5.92 Å². The number of hydrogen-bond donors (Lipinski definition) is 2. The van der Waals surface area contributed by atoms with Crippen LogP contribution in [0.2, 0.25) is 0 Å². The van der Waals surface area contributed by atoms with Gasteiger partial charge in [-0.2, -0.15) is 0 Å². The third kappa shape index (κ3) is 6.50.